The molecule has 0 saturated carbocycles. The maximum absolute atomic E-state index is 8.67. The number of hydrogen-bond acceptors (Lipinski definition) is 3. The third-order valence-corrected chi connectivity index (χ3v) is 2.88. The first-order valence-corrected chi connectivity index (χ1v) is 5.30. The van der Waals surface area contributed by atoms with Crippen LogP contribution >= 0.6 is 15.9 Å². The van der Waals surface area contributed by atoms with Crippen LogP contribution in [-0.4, -0.2) is 7.11 Å². The normalized spacial score (nSPS) is 14.1. The molecule has 15 heavy (non-hydrogen) atoms. The predicted molar refractivity (Wildman–Crippen MR) is 62.5 cm³/mol. The molecule has 0 saturated heterocycles. The molecular formula is C11H13BrN2O. The molecule has 0 heterocycles. The van der Waals surface area contributed by atoms with Crippen LogP contribution in [0.4, 0.5) is 0 Å². The molecule has 0 radical (unpaired) electrons. The first kappa shape index (κ1) is 12.0. The average molecular weight is 269 g/mol. The number of hydrogen-bond donors (Lipinski definition) is 1. The molecule has 0 fully saturated rings. The van der Waals surface area contributed by atoms with Crippen molar-refractivity contribution in [2.24, 2.45) is 5.73 Å². The van der Waals surface area contributed by atoms with Gasteiger partial charge in [-0.2, -0.15) is 5.26 Å². The Kier molecular flexibility index (Phi) is 3.72. The van der Waals surface area contributed by atoms with Gasteiger partial charge in [0.15, 0.2) is 0 Å². The van der Waals surface area contributed by atoms with E-state index >= 15 is 0 Å². The summed E-state index contributed by atoms with van der Waals surface area (Å²) in [6.07, 6.45) is 0.284. The van der Waals surface area contributed by atoms with Crippen molar-refractivity contribution in [2.45, 2.75) is 18.9 Å². The van der Waals surface area contributed by atoms with Crippen LogP contribution in [0.25, 0.3) is 0 Å². The summed E-state index contributed by atoms with van der Waals surface area (Å²) >= 11 is 3.39. The summed E-state index contributed by atoms with van der Waals surface area (Å²) in [6, 6.07) is 7.68. The van der Waals surface area contributed by atoms with Crippen molar-refractivity contribution >= 4 is 15.9 Å². The second-order valence-electron chi connectivity index (χ2n) is 3.60. The van der Waals surface area contributed by atoms with E-state index < -0.39 is 5.54 Å². The molecule has 80 valence electrons. The van der Waals surface area contributed by atoms with Gasteiger partial charge in [0, 0.05) is 0 Å². The quantitative estimate of drug-likeness (QED) is 0.917. The number of rotatable bonds is 3. The standard InChI is InChI=1S/C11H13BrN2O/c1-11(14,5-6-13)8-3-4-10(15-2)9(12)7-8/h3-4,7H,5,14H2,1-2H3. The summed E-state index contributed by atoms with van der Waals surface area (Å²) in [4.78, 5) is 0. The molecule has 0 aliphatic rings. The molecule has 0 spiro atoms. The molecule has 3 nitrogen and oxygen atoms in total. The van der Waals surface area contributed by atoms with Gasteiger partial charge in [-0.25, -0.2) is 0 Å². The second-order valence-corrected chi connectivity index (χ2v) is 4.46. The first-order valence-electron chi connectivity index (χ1n) is 4.51. The highest BCUT2D eigenvalue weighted by molar-refractivity contribution is 9.10. The van der Waals surface area contributed by atoms with E-state index in [-0.39, 0.29) is 6.42 Å². The van der Waals surface area contributed by atoms with Crippen LogP contribution in [0.5, 0.6) is 5.75 Å². The lowest BCUT2D eigenvalue weighted by Gasteiger charge is -2.22. The average Bonchev–Trinajstić information content (AvgIpc) is 2.17. The molecule has 1 rings (SSSR count). The van der Waals surface area contributed by atoms with Crippen LogP contribution in [0.1, 0.15) is 18.9 Å². The topological polar surface area (TPSA) is 59.0 Å². The van der Waals surface area contributed by atoms with E-state index in [4.69, 9.17) is 15.7 Å². The van der Waals surface area contributed by atoms with E-state index in [1.54, 1.807) is 7.11 Å². The summed E-state index contributed by atoms with van der Waals surface area (Å²) in [5, 5.41) is 8.67. The second kappa shape index (κ2) is 4.65. The van der Waals surface area contributed by atoms with Crippen molar-refractivity contribution < 1.29 is 4.74 Å². The lowest BCUT2D eigenvalue weighted by Crippen LogP contribution is -2.32. The molecule has 0 aliphatic heterocycles. The van der Waals surface area contributed by atoms with E-state index in [9.17, 15) is 0 Å². The molecule has 1 aromatic carbocycles. The van der Waals surface area contributed by atoms with Gasteiger partial charge in [0.2, 0.25) is 0 Å². The van der Waals surface area contributed by atoms with Gasteiger partial charge in [0.05, 0.1) is 29.6 Å². The van der Waals surface area contributed by atoms with Crippen LogP contribution in [0.15, 0.2) is 22.7 Å². The summed E-state index contributed by atoms with van der Waals surface area (Å²) in [5.41, 5.74) is 6.32. The number of benzene rings is 1. The molecule has 1 unspecified atom stereocenters. The lowest BCUT2D eigenvalue weighted by molar-refractivity contribution is 0.411. The molecule has 0 aromatic heterocycles. The van der Waals surface area contributed by atoms with Gasteiger partial charge < -0.3 is 10.5 Å². The van der Waals surface area contributed by atoms with E-state index in [2.05, 4.69) is 22.0 Å². The summed E-state index contributed by atoms with van der Waals surface area (Å²) < 4.78 is 5.96. The Morgan fingerprint density at radius 2 is 2.27 bits per heavy atom. The number of nitrogens with zero attached hydrogens (tertiary/aromatic N) is 1. The minimum Gasteiger partial charge on any atom is -0.496 e. The van der Waals surface area contributed by atoms with Crippen molar-refractivity contribution in [3.05, 3.63) is 28.2 Å². The van der Waals surface area contributed by atoms with Gasteiger partial charge in [-0.05, 0) is 40.5 Å². The van der Waals surface area contributed by atoms with Crippen molar-refractivity contribution in [3.63, 3.8) is 0 Å². The Balaban J connectivity index is 3.08. The monoisotopic (exact) mass is 268 g/mol. The molecule has 1 aromatic rings. The van der Waals surface area contributed by atoms with Crippen molar-refractivity contribution in [1.82, 2.24) is 0 Å². The predicted octanol–water partition coefficient (Wildman–Crippen LogP) is 2.55. The van der Waals surface area contributed by atoms with Crippen molar-refractivity contribution in [2.75, 3.05) is 7.11 Å². The molecule has 2 N–H and O–H groups in total. The summed E-state index contributed by atoms with van der Waals surface area (Å²) in [5.74, 6) is 0.756. The Morgan fingerprint density at radius 3 is 2.73 bits per heavy atom. The summed E-state index contributed by atoms with van der Waals surface area (Å²) in [6.45, 7) is 1.84. The Morgan fingerprint density at radius 1 is 1.60 bits per heavy atom. The molecule has 1 atom stereocenters. The SMILES string of the molecule is COc1ccc(C(C)(N)CC#N)cc1Br. The fraction of sp³-hybridized carbons (Fsp3) is 0.364. The van der Waals surface area contributed by atoms with Crippen molar-refractivity contribution in [1.29, 1.82) is 5.26 Å². The Bertz CT molecular complexity index is 396. The van der Waals surface area contributed by atoms with Gasteiger partial charge >= 0.3 is 0 Å². The maximum Gasteiger partial charge on any atom is 0.133 e. The van der Waals surface area contributed by atoms with Gasteiger partial charge in [-0.3, -0.25) is 0 Å². The number of halogens is 1. The number of nitriles is 1. The minimum atomic E-state index is -0.621. The molecule has 4 heteroatoms. The summed E-state index contributed by atoms with van der Waals surface area (Å²) in [7, 11) is 1.61. The van der Waals surface area contributed by atoms with E-state index in [1.807, 2.05) is 25.1 Å². The van der Waals surface area contributed by atoms with Crippen LogP contribution in [0.2, 0.25) is 0 Å². The zero-order chi connectivity index (χ0) is 11.5. The lowest BCUT2D eigenvalue weighted by atomic mass is 9.90. The van der Waals surface area contributed by atoms with Crippen LogP contribution in [-0.2, 0) is 5.54 Å². The fourth-order valence-electron chi connectivity index (χ4n) is 1.29. The van der Waals surface area contributed by atoms with E-state index in [0.29, 0.717) is 0 Å². The highest BCUT2D eigenvalue weighted by atomic mass is 79.9. The van der Waals surface area contributed by atoms with Gasteiger partial charge in [-0.15, -0.1) is 0 Å². The van der Waals surface area contributed by atoms with Crippen LogP contribution in [0, 0.1) is 11.3 Å². The van der Waals surface area contributed by atoms with Gasteiger partial charge in [-0.1, -0.05) is 6.07 Å². The molecule has 0 aliphatic carbocycles. The van der Waals surface area contributed by atoms with Crippen LogP contribution < -0.4 is 10.5 Å². The van der Waals surface area contributed by atoms with E-state index in [0.717, 1.165) is 15.8 Å². The molecule has 0 bridgehead atoms. The highest BCUT2D eigenvalue weighted by Gasteiger charge is 2.21. The largest absolute Gasteiger partial charge is 0.496 e. The molecule has 0 amide bonds. The zero-order valence-electron chi connectivity index (χ0n) is 8.75. The third kappa shape index (κ3) is 2.71. The smallest absolute Gasteiger partial charge is 0.133 e. The van der Waals surface area contributed by atoms with E-state index in [1.165, 1.54) is 0 Å². The van der Waals surface area contributed by atoms with Gasteiger partial charge in [0.25, 0.3) is 0 Å². The highest BCUT2D eigenvalue weighted by Crippen LogP contribution is 2.30. The van der Waals surface area contributed by atoms with Crippen molar-refractivity contribution in [3.8, 4) is 11.8 Å². The Hall–Kier alpha value is -1.05. The Labute approximate surface area is 98.0 Å². The minimum absolute atomic E-state index is 0.284. The zero-order valence-corrected chi connectivity index (χ0v) is 10.3. The maximum atomic E-state index is 8.67. The first-order chi connectivity index (χ1) is 7.01. The number of ether oxygens (including phenoxy) is 1. The third-order valence-electron chi connectivity index (χ3n) is 2.26. The number of nitrogens with two attached hydrogens (primary N) is 1. The molecular weight excluding hydrogens is 256 g/mol. The van der Waals surface area contributed by atoms with Gasteiger partial charge in [0.1, 0.15) is 5.75 Å². The fourth-order valence-corrected chi connectivity index (χ4v) is 1.83. The number of methoxy groups -OCH3 is 1. The van der Waals surface area contributed by atoms with Crippen LogP contribution in [0.3, 0.4) is 0 Å².